The Kier molecular flexibility index (Phi) is 4.21. The second kappa shape index (κ2) is 6.10. The van der Waals surface area contributed by atoms with Crippen LogP contribution in [0.4, 0.5) is 0 Å². The summed E-state index contributed by atoms with van der Waals surface area (Å²) in [6, 6.07) is 5.65. The number of hydrogen-bond donors (Lipinski definition) is 1. The highest BCUT2D eigenvalue weighted by Crippen LogP contribution is 2.06. The van der Waals surface area contributed by atoms with E-state index in [1.54, 1.807) is 23.7 Å². The molecule has 0 spiro atoms. The first kappa shape index (κ1) is 11.7. The van der Waals surface area contributed by atoms with Crippen molar-refractivity contribution in [2.75, 3.05) is 0 Å². The molecule has 0 aliphatic carbocycles. The van der Waals surface area contributed by atoms with E-state index in [9.17, 15) is 4.79 Å². The van der Waals surface area contributed by atoms with E-state index in [-0.39, 0.29) is 5.91 Å². The van der Waals surface area contributed by atoms with Crippen LogP contribution >= 0.6 is 11.3 Å². The van der Waals surface area contributed by atoms with Gasteiger partial charge < -0.3 is 5.32 Å². The molecule has 5 heteroatoms. The Morgan fingerprint density at radius 1 is 1.29 bits per heavy atom. The number of amides is 1. The number of nitrogens with one attached hydrogen (secondary N) is 1. The van der Waals surface area contributed by atoms with Crippen LogP contribution in [0.15, 0.2) is 36.0 Å². The molecule has 0 unspecified atom stereocenters. The minimum absolute atomic E-state index is 0.0332. The van der Waals surface area contributed by atoms with Crippen molar-refractivity contribution in [3.05, 3.63) is 46.7 Å². The first-order valence-corrected chi connectivity index (χ1v) is 6.27. The molecule has 0 saturated heterocycles. The smallest absolute Gasteiger partial charge is 0.220 e. The molecule has 88 valence electrons. The summed E-state index contributed by atoms with van der Waals surface area (Å²) in [6.45, 7) is 0.484. The van der Waals surface area contributed by atoms with Gasteiger partial charge >= 0.3 is 0 Å². The molecule has 0 saturated carbocycles. The van der Waals surface area contributed by atoms with Gasteiger partial charge in [0.05, 0.1) is 17.2 Å². The molecule has 1 N–H and O–H groups in total. The van der Waals surface area contributed by atoms with Crippen molar-refractivity contribution in [3.63, 3.8) is 0 Å². The Morgan fingerprint density at radius 3 is 2.94 bits per heavy atom. The molecule has 0 aromatic carbocycles. The van der Waals surface area contributed by atoms with Crippen LogP contribution < -0.4 is 5.32 Å². The van der Waals surface area contributed by atoms with Crippen molar-refractivity contribution < 1.29 is 4.79 Å². The van der Waals surface area contributed by atoms with Crippen molar-refractivity contribution in [3.8, 4) is 0 Å². The lowest BCUT2D eigenvalue weighted by atomic mass is 10.3. The molecular formula is C12H13N3OS. The fourth-order valence-corrected chi connectivity index (χ4v) is 2.00. The number of hydrogen-bond acceptors (Lipinski definition) is 4. The van der Waals surface area contributed by atoms with Crippen LogP contribution in [-0.4, -0.2) is 15.9 Å². The van der Waals surface area contributed by atoms with Gasteiger partial charge in [0.2, 0.25) is 5.91 Å². The van der Waals surface area contributed by atoms with Crippen LogP contribution in [0.2, 0.25) is 0 Å². The largest absolute Gasteiger partial charge is 0.350 e. The molecule has 0 aliphatic rings. The zero-order valence-corrected chi connectivity index (χ0v) is 10.1. The summed E-state index contributed by atoms with van der Waals surface area (Å²) in [5, 5.41) is 5.75. The molecule has 0 atom stereocenters. The van der Waals surface area contributed by atoms with Gasteiger partial charge in [0.15, 0.2) is 0 Å². The van der Waals surface area contributed by atoms with Crippen molar-refractivity contribution in [2.24, 2.45) is 0 Å². The van der Waals surface area contributed by atoms with E-state index >= 15 is 0 Å². The molecule has 0 aliphatic heterocycles. The molecule has 2 rings (SSSR count). The van der Waals surface area contributed by atoms with Crippen LogP contribution in [-0.2, 0) is 17.8 Å². The van der Waals surface area contributed by atoms with Gasteiger partial charge in [-0.15, -0.1) is 11.3 Å². The fourth-order valence-electron chi connectivity index (χ4n) is 1.38. The molecule has 0 radical (unpaired) electrons. The van der Waals surface area contributed by atoms with Crippen LogP contribution in [0.3, 0.4) is 0 Å². The van der Waals surface area contributed by atoms with E-state index in [4.69, 9.17) is 0 Å². The lowest BCUT2D eigenvalue weighted by Gasteiger charge is -2.03. The summed E-state index contributed by atoms with van der Waals surface area (Å²) in [7, 11) is 0. The maximum absolute atomic E-state index is 11.5. The average molecular weight is 247 g/mol. The van der Waals surface area contributed by atoms with E-state index in [0.29, 0.717) is 19.4 Å². The lowest BCUT2D eigenvalue weighted by molar-refractivity contribution is -0.121. The summed E-state index contributed by atoms with van der Waals surface area (Å²) >= 11 is 1.58. The number of nitrogens with zero attached hydrogens (tertiary/aromatic N) is 2. The highest BCUT2D eigenvalue weighted by atomic mass is 32.1. The van der Waals surface area contributed by atoms with Crippen LogP contribution in [0.25, 0.3) is 0 Å². The average Bonchev–Trinajstić information content (AvgIpc) is 2.88. The molecule has 2 aromatic rings. The zero-order valence-electron chi connectivity index (χ0n) is 9.30. The second-order valence-corrected chi connectivity index (χ2v) is 4.50. The van der Waals surface area contributed by atoms with Gasteiger partial charge in [-0.05, 0) is 12.1 Å². The number of thiazole rings is 1. The van der Waals surface area contributed by atoms with Crippen molar-refractivity contribution in [1.29, 1.82) is 0 Å². The third kappa shape index (κ3) is 3.96. The Labute approximate surface area is 104 Å². The van der Waals surface area contributed by atoms with Gasteiger partial charge in [0.25, 0.3) is 0 Å². The molecule has 0 bridgehead atoms. The van der Waals surface area contributed by atoms with E-state index < -0.39 is 0 Å². The number of carbonyl (C=O) groups excluding carboxylic acids is 1. The maximum Gasteiger partial charge on any atom is 0.220 e. The predicted molar refractivity (Wildman–Crippen MR) is 66.5 cm³/mol. The van der Waals surface area contributed by atoms with Crippen LogP contribution in [0, 0.1) is 0 Å². The minimum atomic E-state index is 0.0332. The number of pyridine rings is 1. The molecule has 2 aromatic heterocycles. The predicted octanol–water partition coefficient (Wildman–Crippen LogP) is 1.79. The standard InChI is InChI=1S/C12H13N3OS/c16-11(4-5-12-14-7-8-17-12)15-9-10-3-1-2-6-13-10/h1-3,6-8H,4-5,9H2,(H,15,16). The zero-order chi connectivity index (χ0) is 11.9. The van der Waals surface area contributed by atoms with Crippen molar-refractivity contribution in [1.82, 2.24) is 15.3 Å². The summed E-state index contributed by atoms with van der Waals surface area (Å²) in [4.78, 5) is 19.8. The first-order valence-electron chi connectivity index (χ1n) is 5.39. The van der Waals surface area contributed by atoms with Crippen molar-refractivity contribution in [2.45, 2.75) is 19.4 Å². The Hall–Kier alpha value is -1.75. The number of aromatic nitrogens is 2. The van der Waals surface area contributed by atoms with Gasteiger partial charge in [0.1, 0.15) is 0 Å². The van der Waals surface area contributed by atoms with Gasteiger partial charge in [0, 0.05) is 30.6 Å². The summed E-state index contributed by atoms with van der Waals surface area (Å²) in [6.07, 6.45) is 4.65. The van der Waals surface area contributed by atoms with Crippen LogP contribution in [0.5, 0.6) is 0 Å². The number of aryl methyl sites for hydroxylation is 1. The summed E-state index contributed by atoms with van der Waals surface area (Å²) < 4.78 is 0. The van der Waals surface area contributed by atoms with E-state index in [2.05, 4.69) is 15.3 Å². The fraction of sp³-hybridized carbons (Fsp3) is 0.250. The normalized spacial score (nSPS) is 10.1. The molecule has 17 heavy (non-hydrogen) atoms. The summed E-state index contributed by atoms with van der Waals surface area (Å²) in [5.41, 5.74) is 0.870. The highest BCUT2D eigenvalue weighted by molar-refractivity contribution is 7.09. The minimum Gasteiger partial charge on any atom is -0.350 e. The highest BCUT2D eigenvalue weighted by Gasteiger charge is 2.03. The molecule has 1 amide bonds. The Bertz CT molecular complexity index is 456. The monoisotopic (exact) mass is 247 g/mol. The Morgan fingerprint density at radius 2 is 2.24 bits per heavy atom. The van der Waals surface area contributed by atoms with Gasteiger partial charge in [-0.3, -0.25) is 9.78 Å². The van der Waals surface area contributed by atoms with Gasteiger partial charge in [-0.25, -0.2) is 4.98 Å². The lowest BCUT2D eigenvalue weighted by Crippen LogP contribution is -2.23. The number of rotatable bonds is 5. The first-order chi connectivity index (χ1) is 8.34. The third-order valence-electron chi connectivity index (χ3n) is 2.24. The topological polar surface area (TPSA) is 54.9 Å². The number of carbonyl (C=O) groups is 1. The Balaban J connectivity index is 1.71. The van der Waals surface area contributed by atoms with Gasteiger partial charge in [-0.2, -0.15) is 0 Å². The molecule has 4 nitrogen and oxygen atoms in total. The molecule has 0 fully saturated rings. The third-order valence-corrected chi connectivity index (χ3v) is 3.08. The summed E-state index contributed by atoms with van der Waals surface area (Å²) in [5.74, 6) is 0.0332. The molecular weight excluding hydrogens is 234 g/mol. The van der Waals surface area contributed by atoms with E-state index in [0.717, 1.165) is 10.7 Å². The maximum atomic E-state index is 11.5. The van der Waals surface area contributed by atoms with Crippen LogP contribution in [0.1, 0.15) is 17.1 Å². The quantitative estimate of drug-likeness (QED) is 0.876. The van der Waals surface area contributed by atoms with E-state index in [1.165, 1.54) is 0 Å². The van der Waals surface area contributed by atoms with E-state index in [1.807, 2.05) is 23.6 Å². The SMILES string of the molecule is O=C(CCc1nccs1)NCc1ccccn1. The molecule has 2 heterocycles. The van der Waals surface area contributed by atoms with Gasteiger partial charge in [-0.1, -0.05) is 6.07 Å². The van der Waals surface area contributed by atoms with Crippen molar-refractivity contribution >= 4 is 17.2 Å². The second-order valence-electron chi connectivity index (χ2n) is 3.52.